The SMILES string of the molecule is Cc1c(Cl)cccc1S(=O)(=O)Nc1ccc2cc[nH]c2c1. The van der Waals surface area contributed by atoms with Crippen LogP contribution in [0.1, 0.15) is 5.56 Å². The molecule has 0 saturated heterocycles. The van der Waals surface area contributed by atoms with Gasteiger partial charge < -0.3 is 4.98 Å². The molecule has 108 valence electrons. The Morgan fingerprint density at radius 2 is 1.95 bits per heavy atom. The summed E-state index contributed by atoms with van der Waals surface area (Å²) in [6, 6.07) is 12.1. The zero-order valence-electron chi connectivity index (χ0n) is 11.2. The molecule has 0 radical (unpaired) electrons. The Labute approximate surface area is 127 Å². The van der Waals surface area contributed by atoms with E-state index in [9.17, 15) is 8.42 Å². The highest BCUT2D eigenvalue weighted by Crippen LogP contribution is 2.25. The summed E-state index contributed by atoms with van der Waals surface area (Å²) >= 11 is 5.99. The highest BCUT2D eigenvalue weighted by Gasteiger charge is 2.18. The van der Waals surface area contributed by atoms with Gasteiger partial charge in [-0.3, -0.25) is 4.72 Å². The van der Waals surface area contributed by atoms with E-state index < -0.39 is 10.0 Å². The summed E-state index contributed by atoms with van der Waals surface area (Å²) in [6.45, 7) is 1.69. The van der Waals surface area contributed by atoms with Crippen molar-refractivity contribution >= 4 is 38.2 Å². The van der Waals surface area contributed by atoms with Gasteiger partial charge in [0.2, 0.25) is 0 Å². The Morgan fingerprint density at radius 1 is 1.14 bits per heavy atom. The predicted molar refractivity (Wildman–Crippen MR) is 85.3 cm³/mol. The summed E-state index contributed by atoms with van der Waals surface area (Å²) in [6.07, 6.45) is 1.81. The van der Waals surface area contributed by atoms with E-state index in [4.69, 9.17) is 11.6 Å². The van der Waals surface area contributed by atoms with E-state index in [-0.39, 0.29) is 4.90 Å². The van der Waals surface area contributed by atoms with Crippen LogP contribution in [0.25, 0.3) is 10.9 Å². The summed E-state index contributed by atoms with van der Waals surface area (Å²) in [5.41, 5.74) is 1.91. The molecule has 0 bridgehead atoms. The molecule has 0 aliphatic rings. The van der Waals surface area contributed by atoms with E-state index in [1.165, 1.54) is 6.07 Å². The van der Waals surface area contributed by atoms with Crippen LogP contribution in [0.15, 0.2) is 53.6 Å². The summed E-state index contributed by atoms with van der Waals surface area (Å²) < 4.78 is 27.5. The molecule has 2 aromatic carbocycles. The molecule has 0 fully saturated rings. The van der Waals surface area contributed by atoms with Crippen molar-refractivity contribution in [3.63, 3.8) is 0 Å². The summed E-state index contributed by atoms with van der Waals surface area (Å²) in [4.78, 5) is 3.23. The normalized spacial score (nSPS) is 11.7. The number of fused-ring (bicyclic) bond motifs is 1. The number of nitrogens with one attached hydrogen (secondary N) is 2. The van der Waals surface area contributed by atoms with Gasteiger partial charge in [-0.1, -0.05) is 23.7 Å². The monoisotopic (exact) mass is 320 g/mol. The van der Waals surface area contributed by atoms with E-state index in [2.05, 4.69) is 9.71 Å². The molecule has 1 aromatic heterocycles. The Hall–Kier alpha value is -1.98. The molecule has 2 N–H and O–H groups in total. The number of rotatable bonds is 3. The van der Waals surface area contributed by atoms with Crippen LogP contribution < -0.4 is 4.72 Å². The molecule has 1 heterocycles. The van der Waals surface area contributed by atoms with E-state index in [1.54, 1.807) is 31.2 Å². The van der Waals surface area contributed by atoms with Gasteiger partial charge in [0.1, 0.15) is 0 Å². The average molecular weight is 321 g/mol. The molecule has 21 heavy (non-hydrogen) atoms. The van der Waals surface area contributed by atoms with E-state index >= 15 is 0 Å². The number of aromatic amines is 1. The maximum absolute atomic E-state index is 12.5. The standard InChI is InChI=1S/C15H13ClN2O2S/c1-10-13(16)3-2-4-15(10)21(19,20)18-12-6-5-11-7-8-17-14(11)9-12/h2-9,17-18H,1H3. The first-order valence-corrected chi connectivity index (χ1v) is 8.18. The van der Waals surface area contributed by atoms with Crippen LogP contribution in [0, 0.1) is 6.92 Å². The van der Waals surface area contributed by atoms with Gasteiger partial charge in [-0.2, -0.15) is 0 Å². The van der Waals surface area contributed by atoms with Crippen molar-refractivity contribution in [1.29, 1.82) is 0 Å². The number of H-pyrrole nitrogens is 1. The van der Waals surface area contributed by atoms with Crippen molar-refractivity contribution < 1.29 is 8.42 Å². The maximum Gasteiger partial charge on any atom is 0.262 e. The van der Waals surface area contributed by atoms with Crippen LogP contribution in [-0.4, -0.2) is 13.4 Å². The van der Waals surface area contributed by atoms with E-state index in [1.807, 2.05) is 18.3 Å². The smallest absolute Gasteiger partial charge is 0.262 e. The van der Waals surface area contributed by atoms with Crippen LogP contribution in [0.4, 0.5) is 5.69 Å². The minimum atomic E-state index is -3.67. The van der Waals surface area contributed by atoms with Gasteiger partial charge in [0, 0.05) is 16.7 Å². The lowest BCUT2D eigenvalue weighted by atomic mass is 10.2. The largest absolute Gasteiger partial charge is 0.361 e. The fourth-order valence-electron chi connectivity index (χ4n) is 2.20. The molecule has 0 atom stereocenters. The summed E-state index contributed by atoms with van der Waals surface area (Å²) in [5.74, 6) is 0. The van der Waals surface area contributed by atoms with Crippen LogP contribution in [-0.2, 0) is 10.0 Å². The number of sulfonamides is 1. The van der Waals surface area contributed by atoms with Crippen LogP contribution in [0.3, 0.4) is 0 Å². The van der Waals surface area contributed by atoms with Gasteiger partial charge in [-0.15, -0.1) is 0 Å². The molecule has 0 aliphatic carbocycles. The predicted octanol–water partition coefficient (Wildman–Crippen LogP) is 3.93. The van der Waals surface area contributed by atoms with Crippen LogP contribution >= 0.6 is 11.6 Å². The number of hydrogen-bond acceptors (Lipinski definition) is 2. The van der Waals surface area contributed by atoms with Crippen LogP contribution in [0.2, 0.25) is 5.02 Å². The summed E-state index contributed by atoms with van der Waals surface area (Å²) in [5, 5.41) is 1.45. The molecule has 3 rings (SSSR count). The quantitative estimate of drug-likeness (QED) is 0.768. The zero-order valence-corrected chi connectivity index (χ0v) is 12.8. The fraction of sp³-hybridized carbons (Fsp3) is 0.0667. The fourth-order valence-corrected chi connectivity index (χ4v) is 3.75. The lowest BCUT2D eigenvalue weighted by Gasteiger charge is -2.11. The summed E-state index contributed by atoms with van der Waals surface area (Å²) in [7, 11) is -3.67. The van der Waals surface area contributed by atoms with Gasteiger partial charge in [0.15, 0.2) is 0 Å². The minimum absolute atomic E-state index is 0.182. The molecule has 3 aromatic rings. The first-order chi connectivity index (χ1) is 9.97. The minimum Gasteiger partial charge on any atom is -0.361 e. The molecule has 0 spiro atoms. The van der Waals surface area contributed by atoms with Gasteiger partial charge in [-0.25, -0.2) is 8.42 Å². The molecule has 0 amide bonds. The number of aromatic nitrogens is 1. The number of anilines is 1. The number of halogens is 1. The maximum atomic E-state index is 12.5. The molecular formula is C15H13ClN2O2S. The topological polar surface area (TPSA) is 62.0 Å². The van der Waals surface area contributed by atoms with Crippen molar-refractivity contribution in [1.82, 2.24) is 4.98 Å². The Kier molecular flexibility index (Phi) is 3.39. The Balaban J connectivity index is 2.00. The van der Waals surface area contributed by atoms with Gasteiger partial charge in [0.05, 0.1) is 10.6 Å². The van der Waals surface area contributed by atoms with Crippen molar-refractivity contribution in [2.24, 2.45) is 0 Å². The molecule has 0 saturated carbocycles. The van der Waals surface area contributed by atoms with Gasteiger partial charge in [-0.05, 0) is 48.2 Å². The Bertz CT molecular complexity index is 916. The molecule has 4 nitrogen and oxygen atoms in total. The zero-order chi connectivity index (χ0) is 15.0. The first kappa shape index (κ1) is 14.0. The molecule has 0 aliphatic heterocycles. The van der Waals surface area contributed by atoms with Gasteiger partial charge >= 0.3 is 0 Å². The van der Waals surface area contributed by atoms with Crippen molar-refractivity contribution in [2.75, 3.05) is 4.72 Å². The number of hydrogen-bond donors (Lipinski definition) is 2. The third-order valence-electron chi connectivity index (χ3n) is 3.31. The van der Waals surface area contributed by atoms with Crippen molar-refractivity contribution in [3.05, 3.63) is 59.2 Å². The van der Waals surface area contributed by atoms with Crippen LogP contribution in [0.5, 0.6) is 0 Å². The third-order valence-corrected chi connectivity index (χ3v) is 5.25. The van der Waals surface area contributed by atoms with E-state index in [0.29, 0.717) is 16.3 Å². The van der Waals surface area contributed by atoms with Gasteiger partial charge in [0.25, 0.3) is 10.0 Å². The molecular weight excluding hydrogens is 308 g/mol. The second-order valence-corrected chi connectivity index (χ2v) is 6.81. The Morgan fingerprint density at radius 3 is 2.76 bits per heavy atom. The average Bonchev–Trinajstić information content (AvgIpc) is 2.88. The highest BCUT2D eigenvalue weighted by molar-refractivity contribution is 7.92. The van der Waals surface area contributed by atoms with Crippen molar-refractivity contribution in [2.45, 2.75) is 11.8 Å². The van der Waals surface area contributed by atoms with E-state index in [0.717, 1.165) is 10.9 Å². The van der Waals surface area contributed by atoms with Crippen molar-refractivity contribution in [3.8, 4) is 0 Å². The highest BCUT2D eigenvalue weighted by atomic mass is 35.5. The second kappa shape index (κ2) is 5.09. The molecule has 6 heteroatoms. The number of benzene rings is 2. The molecule has 0 unspecified atom stereocenters. The first-order valence-electron chi connectivity index (χ1n) is 6.32. The lowest BCUT2D eigenvalue weighted by molar-refractivity contribution is 0.600. The third kappa shape index (κ3) is 2.62. The second-order valence-electron chi connectivity index (χ2n) is 4.75. The lowest BCUT2D eigenvalue weighted by Crippen LogP contribution is -2.14.